The maximum absolute atomic E-state index is 12.2. The van der Waals surface area contributed by atoms with Gasteiger partial charge in [-0.15, -0.1) is 0 Å². The number of carbonyl (C=O) groups excluding carboxylic acids is 2. The molecule has 0 bridgehead atoms. The van der Waals surface area contributed by atoms with Crippen LogP contribution in [0.3, 0.4) is 0 Å². The molecule has 0 saturated carbocycles. The van der Waals surface area contributed by atoms with Crippen molar-refractivity contribution in [3.8, 4) is 0 Å². The number of urea groups is 1. The summed E-state index contributed by atoms with van der Waals surface area (Å²) in [4.78, 5) is 37.6. The van der Waals surface area contributed by atoms with Crippen molar-refractivity contribution < 1.29 is 19.5 Å². The molecule has 1 saturated heterocycles. The van der Waals surface area contributed by atoms with Gasteiger partial charge in [-0.2, -0.15) is 0 Å². The molecule has 0 aromatic rings. The summed E-state index contributed by atoms with van der Waals surface area (Å²) in [6.07, 6.45) is 1.27. The minimum Gasteiger partial charge on any atom is -0.481 e. The van der Waals surface area contributed by atoms with Gasteiger partial charge >= 0.3 is 12.0 Å². The summed E-state index contributed by atoms with van der Waals surface area (Å²) in [6, 6.07) is -0.271. The molecule has 0 aliphatic carbocycles. The molecule has 0 aromatic heterocycles. The number of hydrogen-bond acceptors (Lipinski definition) is 3. The zero-order chi connectivity index (χ0) is 15.3. The fourth-order valence-electron chi connectivity index (χ4n) is 2.24. The van der Waals surface area contributed by atoms with E-state index in [0.29, 0.717) is 19.4 Å². The number of carboxylic acid groups (broad SMARTS) is 1. The van der Waals surface area contributed by atoms with E-state index in [-0.39, 0.29) is 31.1 Å². The maximum atomic E-state index is 12.2. The number of likely N-dealkylation sites (N-methyl/N-ethyl adjacent to an activating group) is 1. The number of hydrogen-bond donors (Lipinski definition) is 2. The average Bonchev–Trinajstić information content (AvgIpc) is 2.36. The largest absolute Gasteiger partial charge is 0.481 e. The van der Waals surface area contributed by atoms with Crippen molar-refractivity contribution in [2.24, 2.45) is 5.92 Å². The van der Waals surface area contributed by atoms with Crippen molar-refractivity contribution in [1.82, 2.24) is 15.1 Å². The molecule has 7 nitrogen and oxygen atoms in total. The highest BCUT2D eigenvalue weighted by Crippen LogP contribution is 2.17. The van der Waals surface area contributed by atoms with E-state index >= 15 is 0 Å². The molecule has 20 heavy (non-hydrogen) atoms. The highest BCUT2D eigenvalue weighted by molar-refractivity contribution is 5.84. The van der Waals surface area contributed by atoms with E-state index in [2.05, 4.69) is 5.32 Å². The lowest BCUT2D eigenvalue weighted by Gasteiger charge is -2.33. The topological polar surface area (TPSA) is 90.0 Å². The van der Waals surface area contributed by atoms with Crippen LogP contribution in [0.4, 0.5) is 4.79 Å². The smallest absolute Gasteiger partial charge is 0.320 e. The van der Waals surface area contributed by atoms with Gasteiger partial charge in [0.15, 0.2) is 0 Å². The van der Waals surface area contributed by atoms with Crippen LogP contribution in [0.2, 0.25) is 0 Å². The molecular weight excluding hydrogens is 262 g/mol. The molecule has 3 amide bonds. The van der Waals surface area contributed by atoms with Crippen LogP contribution in [0.25, 0.3) is 0 Å². The van der Waals surface area contributed by atoms with Crippen LogP contribution in [0.1, 0.15) is 26.7 Å². The van der Waals surface area contributed by atoms with Crippen molar-refractivity contribution in [2.45, 2.75) is 32.7 Å². The van der Waals surface area contributed by atoms with Crippen molar-refractivity contribution in [1.29, 1.82) is 0 Å². The van der Waals surface area contributed by atoms with Gasteiger partial charge in [0.05, 0.1) is 5.92 Å². The Balaban J connectivity index is 2.51. The number of piperidine rings is 1. The number of nitrogens with one attached hydrogen (secondary N) is 1. The summed E-state index contributed by atoms with van der Waals surface area (Å²) in [5.74, 6) is -1.60. The van der Waals surface area contributed by atoms with Crippen LogP contribution in [-0.4, -0.2) is 65.5 Å². The third-order valence-corrected chi connectivity index (χ3v) is 3.20. The third-order valence-electron chi connectivity index (χ3n) is 3.20. The van der Waals surface area contributed by atoms with Gasteiger partial charge in [-0.3, -0.25) is 9.59 Å². The Kier molecular flexibility index (Phi) is 5.79. The minimum atomic E-state index is -0.872. The van der Waals surface area contributed by atoms with Crippen molar-refractivity contribution >= 4 is 17.9 Å². The van der Waals surface area contributed by atoms with E-state index in [9.17, 15) is 14.4 Å². The van der Waals surface area contributed by atoms with Crippen LogP contribution in [0, 0.1) is 5.92 Å². The molecule has 1 rings (SSSR count). The standard InChI is InChI=1S/C13H23N3O4/c1-9(2)14-11(17)8-15(3)13(20)16-6-4-5-10(7-16)12(18)19/h9-10H,4-8H2,1-3H3,(H,14,17)(H,18,19)/t10-/m1/s1. The van der Waals surface area contributed by atoms with Crippen molar-refractivity contribution in [3.05, 3.63) is 0 Å². The lowest BCUT2D eigenvalue weighted by molar-refractivity contribution is -0.143. The van der Waals surface area contributed by atoms with Crippen LogP contribution in [-0.2, 0) is 9.59 Å². The zero-order valence-electron chi connectivity index (χ0n) is 12.3. The van der Waals surface area contributed by atoms with Crippen LogP contribution < -0.4 is 5.32 Å². The number of rotatable bonds is 4. The summed E-state index contributed by atoms with van der Waals surface area (Å²) in [5.41, 5.74) is 0. The number of carboxylic acids is 1. The quantitative estimate of drug-likeness (QED) is 0.780. The fourth-order valence-corrected chi connectivity index (χ4v) is 2.24. The Morgan fingerprint density at radius 1 is 1.40 bits per heavy atom. The number of amides is 3. The number of carbonyl (C=O) groups is 3. The first-order valence-corrected chi connectivity index (χ1v) is 6.83. The number of nitrogens with zero attached hydrogens (tertiary/aromatic N) is 2. The molecule has 1 atom stereocenters. The maximum Gasteiger partial charge on any atom is 0.320 e. The zero-order valence-corrected chi connectivity index (χ0v) is 12.3. The monoisotopic (exact) mass is 285 g/mol. The van der Waals surface area contributed by atoms with Crippen molar-refractivity contribution in [3.63, 3.8) is 0 Å². The van der Waals surface area contributed by atoms with Gasteiger partial charge < -0.3 is 20.2 Å². The van der Waals surface area contributed by atoms with Crippen LogP contribution in [0.15, 0.2) is 0 Å². The molecule has 7 heteroatoms. The Bertz CT molecular complexity index is 384. The second kappa shape index (κ2) is 7.12. The first kappa shape index (κ1) is 16.3. The SMILES string of the molecule is CC(C)NC(=O)CN(C)C(=O)N1CCC[C@@H](C(=O)O)C1. The molecule has 0 radical (unpaired) electrons. The molecule has 114 valence electrons. The summed E-state index contributed by atoms with van der Waals surface area (Å²) >= 11 is 0. The van der Waals surface area contributed by atoms with E-state index in [1.54, 1.807) is 7.05 Å². The van der Waals surface area contributed by atoms with E-state index in [0.717, 1.165) is 0 Å². The highest BCUT2D eigenvalue weighted by Gasteiger charge is 2.29. The molecule has 1 aliphatic rings. The van der Waals surface area contributed by atoms with Gasteiger partial charge in [-0.1, -0.05) is 0 Å². The summed E-state index contributed by atoms with van der Waals surface area (Å²) in [6.45, 7) is 4.43. The predicted octanol–water partition coefficient (Wildman–Crippen LogP) is 0.359. The first-order chi connectivity index (χ1) is 9.31. The van der Waals surface area contributed by atoms with Gasteiger partial charge in [-0.25, -0.2) is 4.79 Å². The van der Waals surface area contributed by atoms with Gasteiger partial charge in [0, 0.05) is 26.2 Å². The van der Waals surface area contributed by atoms with E-state index in [1.807, 2.05) is 13.8 Å². The molecule has 0 unspecified atom stereocenters. The first-order valence-electron chi connectivity index (χ1n) is 6.83. The van der Waals surface area contributed by atoms with E-state index in [1.165, 1.54) is 9.80 Å². The third kappa shape index (κ3) is 4.71. The second-order valence-corrected chi connectivity index (χ2v) is 5.48. The lowest BCUT2D eigenvalue weighted by atomic mass is 9.99. The highest BCUT2D eigenvalue weighted by atomic mass is 16.4. The van der Waals surface area contributed by atoms with E-state index in [4.69, 9.17) is 5.11 Å². The molecule has 2 N–H and O–H groups in total. The molecular formula is C13H23N3O4. The molecule has 1 fully saturated rings. The van der Waals surface area contributed by atoms with Gasteiger partial charge in [0.25, 0.3) is 0 Å². The fraction of sp³-hybridized carbons (Fsp3) is 0.769. The molecule has 1 heterocycles. The summed E-state index contributed by atoms with van der Waals surface area (Å²) in [5, 5.41) is 11.7. The predicted molar refractivity (Wildman–Crippen MR) is 73.2 cm³/mol. The Labute approximate surface area is 118 Å². The lowest BCUT2D eigenvalue weighted by Crippen LogP contribution is -2.50. The second-order valence-electron chi connectivity index (χ2n) is 5.48. The molecule has 1 aliphatic heterocycles. The molecule has 0 aromatic carbocycles. The van der Waals surface area contributed by atoms with E-state index < -0.39 is 11.9 Å². The summed E-state index contributed by atoms with van der Waals surface area (Å²) in [7, 11) is 1.55. The number of likely N-dealkylation sites (tertiary alicyclic amines) is 1. The van der Waals surface area contributed by atoms with Gasteiger partial charge in [0.1, 0.15) is 6.54 Å². The van der Waals surface area contributed by atoms with Crippen LogP contribution in [0.5, 0.6) is 0 Å². The molecule has 0 spiro atoms. The van der Waals surface area contributed by atoms with Gasteiger partial charge in [-0.05, 0) is 26.7 Å². The Morgan fingerprint density at radius 3 is 2.60 bits per heavy atom. The van der Waals surface area contributed by atoms with Gasteiger partial charge in [0.2, 0.25) is 5.91 Å². The normalized spacial score (nSPS) is 18.8. The minimum absolute atomic E-state index is 0.0226. The van der Waals surface area contributed by atoms with Crippen molar-refractivity contribution in [2.75, 3.05) is 26.7 Å². The summed E-state index contributed by atoms with van der Waals surface area (Å²) < 4.78 is 0. The van der Waals surface area contributed by atoms with Crippen LogP contribution >= 0.6 is 0 Å². The number of aliphatic carboxylic acids is 1. The Morgan fingerprint density at radius 2 is 2.05 bits per heavy atom. The Hall–Kier alpha value is -1.79. The average molecular weight is 285 g/mol.